The Morgan fingerprint density at radius 1 is 1.03 bits per heavy atom. The Morgan fingerprint density at radius 2 is 1.68 bits per heavy atom. The lowest BCUT2D eigenvalue weighted by atomic mass is 9.99. The summed E-state index contributed by atoms with van der Waals surface area (Å²) in [6.07, 6.45) is 0. The third kappa shape index (κ3) is 3.65. The summed E-state index contributed by atoms with van der Waals surface area (Å²) in [5, 5.41) is 4.50. The second-order valence-electron chi connectivity index (χ2n) is 7.59. The Morgan fingerprint density at radius 3 is 2.29 bits per heavy atom. The number of fused-ring (bicyclic) bond motifs is 1. The summed E-state index contributed by atoms with van der Waals surface area (Å²) in [6, 6.07) is 13.4. The van der Waals surface area contributed by atoms with Crippen LogP contribution in [0, 0.1) is 13.8 Å². The molecule has 0 atom stereocenters. The van der Waals surface area contributed by atoms with Crippen molar-refractivity contribution in [3.05, 3.63) is 64.3 Å². The summed E-state index contributed by atoms with van der Waals surface area (Å²) in [5.41, 5.74) is 10.6. The fourth-order valence-corrected chi connectivity index (χ4v) is 3.52. The molecular weight excluding hydrogens is 394 g/mol. The highest BCUT2D eigenvalue weighted by molar-refractivity contribution is 5.90. The minimum atomic E-state index is -0.515. The SMILES string of the molecule is Cc1cc(-c2c(-c3ccccc3)nc(N)n3c(=O)n(CC(=O)N(C)C)nc23)cc(C)n1. The van der Waals surface area contributed by atoms with Gasteiger partial charge >= 0.3 is 5.69 Å². The molecule has 1 aromatic carbocycles. The van der Waals surface area contributed by atoms with Gasteiger partial charge in [0.25, 0.3) is 0 Å². The van der Waals surface area contributed by atoms with Crippen LogP contribution in [-0.4, -0.2) is 49.1 Å². The molecule has 0 spiro atoms. The average molecular weight is 417 g/mol. The molecule has 31 heavy (non-hydrogen) atoms. The number of hydrogen-bond donors (Lipinski definition) is 1. The van der Waals surface area contributed by atoms with Crippen LogP contribution < -0.4 is 11.4 Å². The highest BCUT2D eigenvalue weighted by Crippen LogP contribution is 2.34. The Hall–Kier alpha value is -4.01. The number of nitrogens with two attached hydrogens (primary N) is 1. The fourth-order valence-electron chi connectivity index (χ4n) is 3.52. The number of rotatable bonds is 4. The van der Waals surface area contributed by atoms with Gasteiger partial charge in [-0.15, -0.1) is 5.10 Å². The average Bonchev–Trinajstić information content (AvgIpc) is 3.04. The molecule has 0 bridgehead atoms. The van der Waals surface area contributed by atoms with Crippen molar-refractivity contribution in [1.29, 1.82) is 0 Å². The third-order valence-electron chi connectivity index (χ3n) is 4.96. The maximum atomic E-state index is 13.0. The van der Waals surface area contributed by atoms with Crippen LogP contribution in [-0.2, 0) is 11.3 Å². The molecule has 0 saturated carbocycles. The lowest BCUT2D eigenvalue weighted by Crippen LogP contribution is -2.32. The number of carbonyl (C=O) groups excluding carboxylic acids is 1. The summed E-state index contributed by atoms with van der Waals surface area (Å²) >= 11 is 0. The van der Waals surface area contributed by atoms with Gasteiger partial charge in [0.2, 0.25) is 11.9 Å². The predicted octanol–water partition coefficient (Wildman–Crippen LogP) is 1.91. The van der Waals surface area contributed by atoms with Gasteiger partial charge in [0.15, 0.2) is 5.65 Å². The zero-order chi connectivity index (χ0) is 22.3. The highest BCUT2D eigenvalue weighted by atomic mass is 16.2. The molecule has 9 nitrogen and oxygen atoms in total. The molecule has 4 aromatic rings. The molecule has 0 saturated heterocycles. The molecule has 158 valence electrons. The Labute approximate surface area is 178 Å². The van der Waals surface area contributed by atoms with Crippen LogP contribution in [0.5, 0.6) is 0 Å². The van der Waals surface area contributed by atoms with E-state index in [1.54, 1.807) is 14.1 Å². The quantitative estimate of drug-likeness (QED) is 0.543. The smallest absolute Gasteiger partial charge is 0.353 e. The molecule has 1 amide bonds. The number of amides is 1. The van der Waals surface area contributed by atoms with E-state index in [0.717, 1.165) is 27.2 Å². The normalized spacial score (nSPS) is 11.1. The van der Waals surface area contributed by atoms with Gasteiger partial charge in [0.05, 0.1) is 11.3 Å². The van der Waals surface area contributed by atoms with Crippen molar-refractivity contribution >= 4 is 17.5 Å². The first-order valence-electron chi connectivity index (χ1n) is 9.76. The van der Waals surface area contributed by atoms with Crippen molar-refractivity contribution < 1.29 is 4.79 Å². The number of nitrogen functional groups attached to an aromatic ring is 1. The van der Waals surface area contributed by atoms with Gasteiger partial charge in [0.1, 0.15) is 6.54 Å². The second-order valence-corrected chi connectivity index (χ2v) is 7.59. The van der Waals surface area contributed by atoms with Crippen LogP contribution in [0.2, 0.25) is 0 Å². The molecule has 0 aliphatic carbocycles. The summed E-state index contributed by atoms with van der Waals surface area (Å²) < 4.78 is 2.37. The fraction of sp³-hybridized carbons (Fsp3) is 0.227. The zero-order valence-electron chi connectivity index (χ0n) is 17.8. The number of likely N-dealkylation sites (N-methyl/N-ethyl adjacent to an activating group) is 1. The Kier molecular flexibility index (Phi) is 5.02. The summed E-state index contributed by atoms with van der Waals surface area (Å²) in [7, 11) is 3.25. The van der Waals surface area contributed by atoms with Gasteiger partial charge in [-0.3, -0.25) is 9.78 Å². The third-order valence-corrected chi connectivity index (χ3v) is 4.96. The molecule has 0 aliphatic rings. The Balaban J connectivity index is 2.08. The topological polar surface area (TPSA) is 111 Å². The number of anilines is 1. The molecule has 0 aliphatic heterocycles. The van der Waals surface area contributed by atoms with Gasteiger partial charge in [-0.05, 0) is 31.5 Å². The van der Waals surface area contributed by atoms with Gasteiger partial charge in [-0.1, -0.05) is 30.3 Å². The summed E-state index contributed by atoms with van der Waals surface area (Å²) in [6.45, 7) is 3.61. The van der Waals surface area contributed by atoms with E-state index in [-0.39, 0.29) is 18.4 Å². The molecule has 4 rings (SSSR count). The van der Waals surface area contributed by atoms with E-state index in [4.69, 9.17) is 5.73 Å². The maximum Gasteiger partial charge on any atom is 0.353 e. The van der Waals surface area contributed by atoms with Crippen molar-refractivity contribution in [3.63, 3.8) is 0 Å². The molecule has 9 heteroatoms. The van der Waals surface area contributed by atoms with Gasteiger partial charge in [0, 0.05) is 31.0 Å². The molecular formula is C22H23N7O2. The lowest BCUT2D eigenvalue weighted by Gasteiger charge is -2.13. The number of benzene rings is 1. The first-order valence-corrected chi connectivity index (χ1v) is 9.76. The molecule has 0 fully saturated rings. The van der Waals surface area contributed by atoms with E-state index in [0.29, 0.717) is 16.9 Å². The van der Waals surface area contributed by atoms with Crippen LogP contribution in [0.4, 0.5) is 5.95 Å². The van der Waals surface area contributed by atoms with E-state index < -0.39 is 5.69 Å². The minimum Gasteiger partial charge on any atom is -0.369 e. The molecule has 0 radical (unpaired) electrons. The second kappa shape index (κ2) is 7.67. The van der Waals surface area contributed by atoms with Gasteiger partial charge in [-0.25, -0.2) is 18.9 Å². The van der Waals surface area contributed by atoms with Crippen molar-refractivity contribution in [2.75, 3.05) is 19.8 Å². The van der Waals surface area contributed by atoms with E-state index in [1.165, 1.54) is 9.30 Å². The lowest BCUT2D eigenvalue weighted by molar-refractivity contribution is -0.129. The highest BCUT2D eigenvalue weighted by Gasteiger charge is 2.22. The molecule has 3 aromatic heterocycles. The minimum absolute atomic E-state index is 0.00801. The van der Waals surface area contributed by atoms with Crippen molar-refractivity contribution in [1.82, 2.24) is 29.0 Å². The Bertz CT molecular complexity index is 1330. The van der Waals surface area contributed by atoms with E-state index in [1.807, 2.05) is 56.3 Å². The number of aromatic nitrogens is 5. The summed E-state index contributed by atoms with van der Waals surface area (Å²) in [4.78, 5) is 35.7. The number of pyridine rings is 1. The molecule has 2 N–H and O–H groups in total. The van der Waals surface area contributed by atoms with Crippen LogP contribution in [0.15, 0.2) is 47.3 Å². The maximum absolute atomic E-state index is 13.0. The van der Waals surface area contributed by atoms with Crippen LogP contribution in [0.25, 0.3) is 28.0 Å². The van der Waals surface area contributed by atoms with Crippen LogP contribution >= 0.6 is 0 Å². The standard InChI is InChI=1S/C22H23N7O2/c1-13-10-16(11-14(2)24-13)18-19(15-8-6-5-7-9-15)25-21(23)29-20(18)26-28(22(29)31)12-17(30)27(3)4/h5-11H,12H2,1-4H3,(H2,23,25). The molecule has 0 unspecified atom stereocenters. The van der Waals surface area contributed by atoms with Crippen molar-refractivity contribution in [3.8, 4) is 22.4 Å². The number of hydrogen-bond acceptors (Lipinski definition) is 6. The van der Waals surface area contributed by atoms with Crippen molar-refractivity contribution in [2.45, 2.75) is 20.4 Å². The first kappa shape index (κ1) is 20.3. The molecule has 3 heterocycles. The number of aryl methyl sites for hydroxylation is 2. The largest absolute Gasteiger partial charge is 0.369 e. The van der Waals surface area contributed by atoms with Crippen molar-refractivity contribution in [2.24, 2.45) is 0 Å². The van der Waals surface area contributed by atoms with Crippen LogP contribution in [0.1, 0.15) is 11.4 Å². The van der Waals surface area contributed by atoms with E-state index in [2.05, 4.69) is 15.1 Å². The van der Waals surface area contributed by atoms with Gasteiger partial charge in [-0.2, -0.15) is 0 Å². The van der Waals surface area contributed by atoms with E-state index in [9.17, 15) is 9.59 Å². The number of nitrogens with zero attached hydrogens (tertiary/aromatic N) is 6. The van der Waals surface area contributed by atoms with Gasteiger partial charge < -0.3 is 10.6 Å². The van der Waals surface area contributed by atoms with Crippen LogP contribution in [0.3, 0.4) is 0 Å². The first-order chi connectivity index (χ1) is 14.8. The monoisotopic (exact) mass is 417 g/mol. The number of carbonyl (C=O) groups is 1. The predicted molar refractivity (Wildman–Crippen MR) is 118 cm³/mol. The van der Waals surface area contributed by atoms with E-state index >= 15 is 0 Å². The summed E-state index contributed by atoms with van der Waals surface area (Å²) in [5.74, 6) is -0.244. The zero-order valence-corrected chi connectivity index (χ0v) is 17.8.